The minimum Gasteiger partial charge on any atom is -0.480 e. The number of anilines is 1. The number of nitrogens with zero attached hydrogens (tertiary/aromatic N) is 1. The number of ether oxygens (including phenoxy) is 1. The van der Waals surface area contributed by atoms with Crippen LogP contribution in [0.3, 0.4) is 0 Å². The molecule has 1 atom stereocenters. The Bertz CT molecular complexity index is 993. The first-order chi connectivity index (χ1) is 16.0. The van der Waals surface area contributed by atoms with Gasteiger partial charge in [-0.25, -0.2) is 9.78 Å². The zero-order chi connectivity index (χ0) is 23.2. The number of fused-ring (bicyclic) bond motifs is 1. The second-order valence-corrected chi connectivity index (χ2v) is 9.31. The van der Waals surface area contributed by atoms with Crippen molar-refractivity contribution in [3.05, 3.63) is 58.2 Å². The third-order valence-electron chi connectivity index (χ3n) is 6.40. The van der Waals surface area contributed by atoms with Crippen molar-refractivity contribution in [2.24, 2.45) is 5.92 Å². The van der Waals surface area contributed by atoms with Gasteiger partial charge in [0, 0.05) is 35.9 Å². The highest BCUT2D eigenvalue weighted by molar-refractivity contribution is 6.31. The summed E-state index contributed by atoms with van der Waals surface area (Å²) in [5.41, 5.74) is 2.78. The van der Waals surface area contributed by atoms with Crippen molar-refractivity contribution in [3.63, 3.8) is 0 Å². The monoisotopic (exact) mass is 471 g/mol. The topological polar surface area (TPSA) is 101 Å². The largest absolute Gasteiger partial charge is 0.480 e. The highest BCUT2D eigenvalue weighted by Gasteiger charge is 2.30. The van der Waals surface area contributed by atoms with Crippen LogP contribution in [-0.4, -0.2) is 47.3 Å². The summed E-state index contributed by atoms with van der Waals surface area (Å²) in [6.07, 6.45) is 6.65. The summed E-state index contributed by atoms with van der Waals surface area (Å²) in [7, 11) is 0. The molecule has 4 rings (SSSR count). The lowest BCUT2D eigenvalue weighted by atomic mass is 9.79. The predicted molar refractivity (Wildman–Crippen MR) is 127 cm³/mol. The van der Waals surface area contributed by atoms with Crippen molar-refractivity contribution in [2.75, 3.05) is 18.5 Å². The first-order valence-corrected chi connectivity index (χ1v) is 12.0. The number of benzene rings is 1. The van der Waals surface area contributed by atoms with Crippen LogP contribution >= 0.6 is 11.6 Å². The van der Waals surface area contributed by atoms with Gasteiger partial charge in [0.05, 0.1) is 6.10 Å². The van der Waals surface area contributed by atoms with Gasteiger partial charge in [-0.15, -0.1) is 0 Å². The Balaban J connectivity index is 1.14. The average molecular weight is 472 g/mol. The maximum Gasteiger partial charge on any atom is 0.326 e. The van der Waals surface area contributed by atoms with Gasteiger partial charge in [0.15, 0.2) is 0 Å². The summed E-state index contributed by atoms with van der Waals surface area (Å²) in [5, 5.41) is 15.8. The number of aromatic nitrogens is 1. The van der Waals surface area contributed by atoms with E-state index in [-0.39, 0.29) is 12.5 Å². The van der Waals surface area contributed by atoms with Gasteiger partial charge in [0.2, 0.25) is 0 Å². The Morgan fingerprint density at radius 3 is 2.91 bits per heavy atom. The van der Waals surface area contributed by atoms with Gasteiger partial charge in [-0.05, 0) is 74.3 Å². The molecule has 1 aliphatic carbocycles. The van der Waals surface area contributed by atoms with Crippen molar-refractivity contribution < 1.29 is 19.4 Å². The minimum absolute atomic E-state index is 0.159. The molecule has 1 aromatic heterocycles. The number of rotatable bonds is 10. The maximum atomic E-state index is 12.3. The molecular formula is C25H30ClN3O4. The SMILES string of the molecule is O=C(NC(CCO[C@H]1C[C@H](CCc2ccc3c(n2)NCCC3)C1)C(=O)O)c1cccc(Cl)c1. The van der Waals surface area contributed by atoms with E-state index in [9.17, 15) is 14.7 Å². The van der Waals surface area contributed by atoms with Gasteiger partial charge >= 0.3 is 5.97 Å². The molecular weight excluding hydrogens is 442 g/mol. The fourth-order valence-electron chi connectivity index (χ4n) is 4.39. The summed E-state index contributed by atoms with van der Waals surface area (Å²) in [6.45, 7) is 1.29. The summed E-state index contributed by atoms with van der Waals surface area (Å²) < 4.78 is 5.86. The summed E-state index contributed by atoms with van der Waals surface area (Å²) >= 11 is 5.90. The third kappa shape index (κ3) is 6.45. The van der Waals surface area contributed by atoms with Crippen LogP contribution in [0.25, 0.3) is 0 Å². The van der Waals surface area contributed by atoms with E-state index in [1.165, 1.54) is 18.1 Å². The minimum atomic E-state index is -1.08. The molecule has 0 radical (unpaired) electrons. The molecule has 2 aromatic rings. The predicted octanol–water partition coefficient (Wildman–Crippen LogP) is 4.09. The highest BCUT2D eigenvalue weighted by Crippen LogP contribution is 2.34. The number of hydrogen-bond acceptors (Lipinski definition) is 5. The lowest BCUT2D eigenvalue weighted by molar-refractivity contribution is -0.140. The van der Waals surface area contributed by atoms with Gasteiger partial charge in [0.1, 0.15) is 11.9 Å². The molecule has 7 nitrogen and oxygen atoms in total. The van der Waals surface area contributed by atoms with E-state index < -0.39 is 17.9 Å². The average Bonchev–Trinajstić information content (AvgIpc) is 2.78. The molecule has 0 saturated heterocycles. The van der Waals surface area contributed by atoms with E-state index in [2.05, 4.69) is 22.8 Å². The van der Waals surface area contributed by atoms with Crippen LogP contribution < -0.4 is 10.6 Å². The molecule has 176 valence electrons. The zero-order valence-electron chi connectivity index (χ0n) is 18.6. The second kappa shape index (κ2) is 11.0. The number of carboxylic acids is 1. The van der Waals surface area contributed by atoms with E-state index in [1.807, 2.05) is 0 Å². The van der Waals surface area contributed by atoms with Gasteiger partial charge in [0.25, 0.3) is 5.91 Å². The van der Waals surface area contributed by atoms with E-state index in [0.29, 0.717) is 23.1 Å². The van der Waals surface area contributed by atoms with Crippen LogP contribution in [0.1, 0.15) is 53.7 Å². The van der Waals surface area contributed by atoms with Crippen molar-refractivity contribution in [1.82, 2.24) is 10.3 Å². The Morgan fingerprint density at radius 1 is 1.27 bits per heavy atom. The number of halogens is 1. The Labute approximate surface area is 198 Å². The van der Waals surface area contributed by atoms with Crippen LogP contribution in [0, 0.1) is 5.92 Å². The number of amides is 1. The molecule has 1 saturated carbocycles. The van der Waals surface area contributed by atoms with Crippen molar-refractivity contribution in [3.8, 4) is 0 Å². The number of aliphatic carboxylic acids is 1. The molecule has 1 aliphatic heterocycles. The van der Waals surface area contributed by atoms with Gasteiger partial charge in [-0.3, -0.25) is 4.79 Å². The lowest BCUT2D eigenvalue weighted by Crippen LogP contribution is -2.42. The number of carboxylic acid groups (broad SMARTS) is 1. The molecule has 2 heterocycles. The van der Waals surface area contributed by atoms with Crippen molar-refractivity contribution in [1.29, 1.82) is 0 Å². The van der Waals surface area contributed by atoms with E-state index >= 15 is 0 Å². The van der Waals surface area contributed by atoms with E-state index in [0.717, 1.165) is 50.2 Å². The molecule has 1 fully saturated rings. The Hall–Kier alpha value is -2.64. The number of nitrogens with one attached hydrogen (secondary N) is 2. The third-order valence-corrected chi connectivity index (χ3v) is 6.64. The number of hydrogen-bond donors (Lipinski definition) is 3. The molecule has 1 aromatic carbocycles. The summed E-state index contributed by atoms with van der Waals surface area (Å²) in [5.74, 6) is 0.120. The van der Waals surface area contributed by atoms with Gasteiger partial charge < -0.3 is 20.5 Å². The number of carbonyl (C=O) groups is 2. The molecule has 1 unspecified atom stereocenters. The van der Waals surface area contributed by atoms with E-state index in [1.54, 1.807) is 18.2 Å². The van der Waals surface area contributed by atoms with Crippen LogP contribution in [-0.2, 0) is 22.4 Å². The molecule has 1 amide bonds. The molecule has 0 bridgehead atoms. The summed E-state index contributed by atoms with van der Waals surface area (Å²) in [4.78, 5) is 28.6. The molecule has 8 heteroatoms. The van der Waals surface area contributed by atoms with Crippen molar-refractivity contribution >= 4 is 29.3 Å². The Morgan fingerprint density at radius 2 is 2.12 bits per heavy atom. The van der Waals surface area contributed by atoms with Crippen LogP contribution in [0.2, 0.25) is 5.02 Å². The molecule has 2 aliphatic rings. The highest BCUT2D eigenvalue weighted by atomic mass is 35.5. The number of pyridine rings is 1. The van der Waals surface area contributed by atoms with Crippen LogP contribution in [0.4, 0.5) is 5.82 Å². The van der Waals surface area contributed by atoms with Crippen molar-refractivity contribution in [2.45, 2.75) is 57.1 Å². The van der Waals surface area contributed by atoms with Gasteiger partial charge in [-0.1, -0.05) is 23.7 Å². The molecule has 33 heavy (non-hydrogen) atoms. The zero-order valence-corrected chi connectivity index (χ0v) is 19.3. The fraction of sp³-hybridized carbons (Fsp3) is 0.480. The van der Waals surface area contributed by atoms with Gasteiger partial charge in [-0.2, -0.15) is 0 Å². The van der Waals surface area contributed by atoms with E-state index in [4.69, 9.17) is 21.3 Å². The molecule has 0 spiro atoms. The lowest BCUT2D eigenvalue weighted by Gasteiger charge is -2.35. The second-order valence-electron chi connectivity index (χ2n) is 8.87. The Kier molecular flexibility index (Phi) is 7.83. The quantitative estimate of drug-likeness (QED) is 0.482. The molecule has 3 N–H and O–H groups in total. The normalized spacial score (nSPS) is 20.2. The first kappa shape index (κ1) is 23.5. The van der Waals surface area contributed by atoms with Crippen LogP contribution in [0.15, 0.2) is 36.4 Å². The van der Waals surface area contributed by atoms with Crippen LogP contribution in [0.5, 0.6) is 0 Å². The fourth-order valence-corrected chi connectivity index (χ4v) is 4.58. The number of carbonyl (C=O) groups excluding carboxylic acids is 1. The maximum absolute atomic E-state index is 12.3. The smallest absolute Gasteiger partial charge is 0.326 e. The standard InChI is InChI=1S/C25H30ClN3O4/c26-19-5-1-3-18(15-19)24(30)29-22(25(31)32)10-12-33-21-13-16(14-21)6-8-20-9-7-17-4-2-11-27-23(17)28-20/h1,3,5,7,9,15-16,21-22H,2,4,6,8,10-14H2,(H,27,28)(H,29,30)(H,31,32)/t16-,21-,22?. The first-order valence-electron chi connectivity index (χ1n) is 11.6. The number of aryl methyl sites for hydroxylation is 2. The summed E-state index contributed by atoms with van der Waals surface area (Å²) in [6, 6.07) is 9.76.